The summed E-state index contributed by atoms with van der Waals surface area (Å²) in [5, 5.41) is 5.06. The normalized spacial score (nSPS) is 12.0. The first kappa shape index (κ1) is 19.6. The summed E-state index contributed by atoms with van der Waals surface area (Å²) in [5.41, 5.74) is 1.59. The number of nitrogens with zero attached hydrogens (tertiary/aromatic N) is 3. The lowest BCUT2D eigenvalue weighted by Gasteiger charge is -2.05. The molecule has 2 aromatic carbocycles. The molecule has 5 nitrogen and oxygen atoms in total. The molecule has 2 aromatic heterocycles. The van der Waals surface area contributed by atoms with Gasteiger partial charge in [-0.15, -0.1) is 5.10 Å². The number of thiazole rings is 1. The Morgan fingerprint density at radius 2 is 1.86 bits per heavy atom. The number of hydrogen-bond acceptors (Lipinski definition) is 5. The molecule has 4 aromatic rings. The van der Waals surface area contributed by atoms with Crippen LogP contribution in [-0.2, 0) is 0 Å². The molecule has 0 aliphatic rings. The van der Waals surface area contributed by atoms with Gasteiger partial charge in [-0.2, -0.15) is 9.50 Å². The molecule has 148 valence electrons. The number of unbranched alkanes of at least 4 members (excludes halogenated alkanes) is 2. The fourth-order valence-electron chi connectivity index (χ4n) is 2.91. The van der Waals surface area contributed by atoms with Crippen LogP contribution >= 0.6 is 22.9 Å². The van der Waals surface area contributed by atoms with Gasteiger partial charge in [0.05, 0.1) is 11.1 Å². The predicted molar refractivity (Wildman–Crippen MR) is 118 cm³/mol. The van der Waals surface area contributed by atoms with Gasteiger partial charge in [0.1, 0.15) is 5.75 Å². The number of ether oxygens (including phenoxy) is 1. The van der Waals surface area contributed by atoms with E-state index in [4.69, 9.17) is 16.3 Å². The van der Waals surface area contributed by atoms with E-state index < -0.39 is 0 Å². The number of fused-ring (bicyclic) bond motifs is 1. The molecule has 2 heterocycles. The number of benzene rings is 2. The molecule has 0 spiro atoms. The summed E-state index contributed by atoms with van der Waals surface area (Å²) in [7, 11) is 0. The van der Waals surface area contributed by atoms with Crippen molar-refractivity contribution in [1.82, 2.24) is 14.6 Å². The molecule has 0 amide bonds. The number of hydrogen-bond donors (Lipinski definition) is 0. The fraction of sp³-hybridized carbons (Fsp3) is 0.227. The van der Waals surface area contributed by atoms with Crippen LogP contribution in [0.15, 0.2) is 53.3 Å². The minimum absolute atomic E-state index is 0.172. The third-order valence-corrected chi connectivity index (χ3v) is 5.69. The van der Waals surface area contributed by atoms with Crippen LogP contribution in [0, 0.1) is 0 Å². The quantitative estimate of drug-likeness (QED) is 0.406. The molecule has 4 rings (SSSR count). The van der Waals surface area contributed by atoms with E-state index >= 15 is 0 Å². The zero-order valence-corrected chi connectivity index (χ0v) is 17.5. The van der Waals surface area contributed by atoms with E-state index in [-0.39, 0.29) is 5.56 Å². The minimum atomic E-state index is -0.172. The Hall–Kier alpha value is -2.70. The average molecular weight is 426 g/mol. The lowest BCUT2D eigenvalue weighted by atomic mass is 10.2. The van der Waals surface area contributed by atoms with E-state index in [0.717, 1.165) is 29.9 Å². The van der Waals surface area contributed by atoms with Gasteiger partial charge in [0.2, 0.25) is 4.96 Å². The average Bonchev–Trinajstić information content (AvgIpc) is 3.27. The summed E-state index contributed by atoms with van der Waals surface area (Å²) in [6.45, 7) is 2.89. The Kier molecular flexibility index (Phi) is 5.92. The van der Waals surface area contributed by atoms with Crippen molar-refractivity contribution in [1.29, 1.82) is 0 Å². The SMILES string of the molecule is CCCCCOc1ccc(-c2nc3sc(=Cc4ccc(Cl)cc4)c(=O)n3n2)cc1. The van der Waals surface area contributed by atoms with E-state index in [2.05, 4.69) is 17.0 Å². The highest BCUT2D eigenvalue weighted by Crippen LogP contribution is 2.20. The molecule has 0 saturated carbocycles. The van der Waals surface area contributed by atoms with Crippen molar-refractivity contribution in [2.75, 3.05) is 6.61 Å². The Morgan fingerprint density at radius 1 is 1.10 bits per heavy atom. The van der Waals surface area contributed by atoms with E-state index in [9.17, 15) is 4.79 Å². The zero-order valence-electron chi connectivity index (χ0n) is 16.0. The minimum Gasteiger partial charge on any atom is -0.494 e. The number of halogens is 1. The number of aromatic nitrogens is 3. The van der Waals surface area contributed by atoms with Crippen LogP contribution in [0.4, 0.5) is 0 Å². The Balaban J connectivity index is 1.55. The van der Waals surface area contributed by atoms with Gasteiger partial charge in [0.15, 0.2) is 5.82 Å². The molecule has 0 aliphatic carbocycles. The standard InChI is InChI=1S/C22H20ClN3O2S/c1-2-3-4-13-28-18-11-7-16(8-12-18)20-24-22-26(25-20)21(27)19(29-22)14-15-5-9-17(23)10-6-15/h5-12,14H,2-4,13H2,1H3. The van der Waals surface area contributed by atoms with Gasteiger partial charge in [-0.05, 0) is 54.5 Å². The Morgan fingerprint density at radius 3 is 2.55 bits per heavy atom. The van der Waals surface area contributed by atoms with E-state index in [1.165, 1.54) is 28.7 Å². The molecule has 29 heavy (non-hydrogen) atoms. The lowest BCUT2D eigenvalue weighted by molar-refractivity contribution is 0.306. The Labute approximate surface area is 177 Å². The van der Waals surface area contributed by atoms with Crippen LogP contribution in [0.1, 0.15) is 31.7 Å². The zero-order chi connectivity index (χ0) is 20.2. The maximum Gasteiger partial charge on any atom is 0.291 e. The first-order valence-electron chi connectivity index (χ1n) is 9.54. The van der Waals surface area contributed by atoms with Crippen molar-refractivity contribution in [3.63, 3.8) is 0 Å². The summed E-state index contributed by atoms with van der Waals surface area (Å²) >= 11 is 7.23. The summed E-state index contributed by atoms with van der Waals surface area (Å²) in [4.78, 5) is 17.8. The molecule has 0 radical (unpaired) electrons. The molecular formula is C22H20ClN3O2S. The van der Waals surface area contributed by atoms with Gasteiger partial charge in [-0.1, -0.05) is 54.8 Å². The molecule has 0 saturated heterocycles. The largest absolute Gasteiger partial charge is 0.494 e. The van der Waals surface area contributed by atoms with Gasteiger partial charge in [-0.25, -0.2) is 0 Å². The van der Waals surface area contributed by atoms with Crippen molar-refractivity contribution in [3.8, 4) is 17.1 Å². The van der Waals surface area contributed by atoms with Crippen molar-refractivity contribution in [2.45, 2.75) is 26.2 Å². The highest BCUT2D eigenvalue weighted by molar-refractivity contribution is 7.15. The summed E-state index contributed by atoms with van der Waals surface area (Å²) in [5.74, 6) is 1.36. The highest BCUT2D eigenvalue weighted by atomic mass is 35.5. The molecule has 0 bridgehead atoms. The van der Waals surface area contributed by atoms with Gasteiger partial charge in [0, 0.05) is 10.6 Å². The molecule has 7 heteroatoms. The van der Waals surface area contributed by atoms with Crippen LogP contribution < -0.4 is 14.8 Å². The third-order valence-electron chi connectivity index (χ3n) is 4.48. The van der Waals surface area contributed by atoms with E-state index in [1.54, 1.807) is 12.1 Å². The second kappa shape index (κ2) is 8.76. The smallest absolute Gasteiger partial charge is 0.291 e. The van der Waals surface area contributed by atoms with Crippen LogP contribution in [0.3, 0.4) is 0 Å². The van der Waals surface area contributed by atoms with Gasteiger partial charge < -0.3 is 4.74 Å². The molecule has 0 atom stereocenters. The second-order valence-corrected chi connectivity index (χ2v) is 8.12. The maximum absolute atomic E-state index is 12.7. The van der Waals surface area contributed by atoms with Crippen LogP contribution in [0.2, 0.25) is 5.02 Å². The molecule has 0 N–H and O–H groups in total. The van der Waals surface area contributed by atoms with Gasteiger partial charge in [0.25, 0.3) is 5.56 Å². The topological polar surface area (TPSA) is 56.5 Å². The van der Waals surface area contributed by atoms with Crippen molar-refractivity contribution < 1.29 is 4.74 Å². The highest BCUT2D eigenvalue weighted by Gasteiger charge is 2.12. The van der Waals surface area contributed by atoms with Crippen LogP contribution in [0.25, 0.3) is 22.4 Å². The first-order chi connectivity index (χ1) is 14.1. The third kappa shape index (κ3) is 4.49. The molecule has 0 fully saturated rings. The number of rotatable bonds is 7. The summed E-state index contributed by atoms with van der Waals surface area (Å²) in [6.07, 6.45) is 5.22. The molecule has 0 unspecified atom stereocenters. The Bertz CT molecular complexity index is 1210. The fourth-order valence-corrected chi connectivity index (χ4v) is 3.94. The summed E-state index contributed by atoms with van der Waals surface area (Å²) < 4.78 is 7.68. The van der Waals surface area contributed by atoms with E-state index in [1.807, 2.05) is 42.5 Å². The molecular weight excluding hydrogens is 406 g/mol. The van der Waals surface area contributed by atoms with Crippen molar-refractivity contribution >= 4 is 34.0 Å². The maximum atomic E-state index is 12.7. The predicted octanol–water partition coefficient (Wildman–Crippen LogP) is 4.59. The van der Waals surface area contributed by atoms with Crippen LogP contribution in [-0.4, -0.2) is 21.2 Å². The van der Waals surface area contributed by atoms with Crippen LogP contribution in [0.5, 0.6) is 5.75 Å². The summed E-state index contributed by atoms with van der Waals surface area (Å²) in [6, 6.07) is 15.0. The van der Waals surface area contributed by atoms with Crippen molar-refractivity contribution in [2.24, 2.45) is 0 Å². The van der Waals surface area contributed by atoms with Gasteiger partial charge in [-0.3, -0.25) is 4.79 Å². The van der Waals surface area contributed by atoms with Gasteiger partial charge >= 0.3 is 0 Å². The van der Waals surface area contributed by atoms with Crippen molar-refractivity contribution in [3.05, 3.63) is 74.0 Å². The second-order valence-electron chi connectivity index (χ2n) is 6.68. The first-order valence-corrected chi connectivity index (χ1v) is 10.7. The molecule has 0 aliphatic heterocycles. The monoisotopic (exact) mass is 425 g/mol. The lowest BCUT2D eigenvalue weighted by Crippen LogP contribution is -2.23. The van der Waals surface area contributed by atoms with E-state index in [0.29, 0.717) is 20.3 Å².